The summed E-state index contributed by atoms with van der Waals surface area (Å²) in [7, 11) is 4.93. The molecule has 0 aromatic heterocycles. The van der Waals surface area contributed by atoms with E-state index in [1.54, 1.807) is 26.0 Å². The number of amides is 1. The summed E-state index contributed by atoms with van der Waals surface area (Å²) in [5, 5.41) is 3.14. The summed E-state index contributed by atoms with van der Waals surface area (Å²) in [4.78, 5) is 19.1. The second kappa shape index (κ2) is 11.4. The number of rotatable bonds is 6. The summed E-state index contributed by atoms with van der Waals surface area (Å²) < 4.78 is 45.6. The molecule has 2 rings (SSSR count). The van der Waals surface area contributed by atoms with Crippen molar-refractivity contribution in [3.8, 4) is 0 Å². The average molecular weight is 514 g/mol. The molecule has 6 nitrogen and oxygen atoms in total. The topological polar surface area (TPSA) is 57.2 Å². The predicted molar refractivity (Wildman–Crippen MR) is 111 cm³/mol. The van der Waals surface area contributed by atoms with E-state index in [4.69, 9.17) is 4.74 Å². The summed E-state index contributed by atoms with van der Waals surface area (Å²) in [6, 6.07) is 1.88. The van der Waals surface area contributed by atoms with Crippen LogP contribution in [-0.2, 0) is 16.1 Å². The molecule has 158 valence electrons. The quantitative estimate of drug-likeness (QED) is 0.274. The van der Waals surface area contributed by atoms with Gasteiger partial charge in [-0.25, -0.2) is 18.2 Å². The van der Waals surface area contributed by atoms with Crippen molar-refractivity contribution >= 4 is 35.8 Å². The fourth-order valence-corrected chi connectivity index (χ4v) is 2.65. The van der Waals surface area contributed by atoms with Crippen LogP contribution < -0.4 is 5.32 Å². The number of guanidine groups is 1. The minimum absolute atomic E-state index is 0. The Morgan fingerprint density at radius 2 is 1.89 bits per heavy atom. The van der Waals surface area contributed by atoms with Crippen LogP contribution >= 0.6 is 24.0 Å². The summed E-state index contributed by atoms with van der Waals surface area (Å²) in [5.41, 5.74) is 0.249. The van der Waals surface area contributed by atoms with Crippen molar-refractivity contribution < 1.29 is 22.7 Å². The van der Waals surface area contributed by atoms with E-state index in [2.05, 4.69) is 10.3 Å². The molecule has 1 heterocycles. The standard InChI is InChI=1S/C18H25F3N4O2.HI/c1-24(2)16(26)10-23-18(22-9-13-5-4-6-27-13)25(3)11-12-7-14(19)17(21)15(20)8-12;/h7-8,13H,4-6,9-11H2,1-3H3,(H,22,23);1H. The Kier molecular flexibility index (Phi) is 10.0. The first-order valence-corrected chi connectivity index (χ1v) is 8.72. The molecule has 1 N–H and O–H groups in total. The van der Waals surface area contributed by atoms with E-state index in [1.807, 2.05) is 0 Å². The first-order valence-electron chi connectivity index (χ1n) is 8.72. The van der Waals surface area contributed by atoms with E-state index in [0.717, 1.165) is 25.0 Å². The maximum atomic E-state index is 13.4. The van der Waals surface area contributed by atoms with Gasteiger partial charge in [0.2, 0.25) is 5.91 Å². The third-order valence-electron chi connectivity index (χ3n) is 4.20. The number of hydrogen-bond acceptors (Lipinski definition) is 3. The molecule has 0 radical (unpaired) electrons. The summed E-state index contributed by atoms with van der Waals surface area (Å²) >= 11 is 0. The maximum absolute atomic E-state index is 13.4. The monoisotopic (exact) mass is 514 g/mol. The van der Waals surface area contributed by atoms with E-state index in [1.165, 1.54) is 4.90 Å². The lowest BCUT2D eigenvalue weighted by atomic mass is 10.2. The molecule has 1 aliphatic rings. The Labute approximate surface area is 180 Å². The number of halogens is 4. The van der Waals surface area contributed by atoms with Gasteiger partial charge in [-0.2, -0.15) is 0 Å². The molecule has 0 aliphatic carbocycles. The summed E-state index contributed by atoms with van der Waals surface area (Å²) in [5.74, 6) is -3.77. The van der Waals surface area contributed by atoms with Gasteiger partial charge < -0.3 is 19.9 Å². The molecule has 1 amide bonds. The lowest BCUT2D eigenvalue weighted by Gasteiger charge is -2.24. The molecule has 28 heavy (non-hydrogen) atoms. The zero-order chi connectivity index (χ0) is 20.0. The Balaban J connectivity index is 0.00000392. The minimum atomic E-state index is -1.50. The smallest absolute Gasteiger partial charge is 0.243 e. The molecular formula is C18H26F3IN4O2. The van der Waals surface area contributed by atoms with Gasteiger partial charge in [-0.1, -0.05) is 0 Å². The number of nitrogens with zero attached hydrogens (tertiary/aromatic N) is 3. The molecule has 1 atom stereocenters. The second-order valence-electron chi connectivity index (χ2n) is 6.67. The Morgan fingerprint density at radius 3 is 2.43 bits per heavy atom. The lowest BCUT2D eigenvalue weighted by molar-refractivity contribution is -0.127. The van der Waals surface area contributed by atoms with Crippen LogP contribution in [0.15, 0.2) is 17.1 Å². The van der Waals surface area contributed by atoms with Crippen molar-refractivity contribution in [3.63, 3.8) is 0 Å². The van der Waals surface area contributed by atoms with E-state index in [-0.39, 0.29) is 54.6 Å². The number of likely N-dealkylation sites (N-methyl/N-ethyl adjacent to an activating group) is 1. The highest BCUT2D eigenvalue weighted by Gasteiger charge is 2.18. The molecule has 1 aromatic rings. The van der Waals surface area contributed by atoms with Crippen LogP contribution in [0.2, 0.25) is 0 Å². The van der Waals surface area contributed by atoms with Crippen LogP contribution in [0.1, 0.15) is 18.4 Å². The van der Waals surface area contributed by atoms with E-state index >= 15 is 0 Å². The van der Waals surface area contributed by atoms with Gasteiger partial charge >= 0.3 is 0 Å². The fourth-order valence-electron chi connectivity index (χ4n) is 2.65. The lowest BCUT2D eigenvalue weighted by Crippen LogP contribution is -2.42. The Hall–Kier alpha value is -1.56. The molecule has 0 saturated carbocycles. The highest BCUT2D eigenvalue weighted by molar-refractivity contribution is 14.0. The predicted octanol–water partition coefficient (Wildman–Crippen LogP) is 2.37. The summed E-state index contributed by atoms with van der Waals surface area (Å²) in [6.07, 6.45) is 1.96. The van der Waals surface area contributed by atoms with Gasteiger partial charge in [0, 0.05) is 40.8 Å². The van der Waals surface area contributed by atoms with Gasteiger partial charge in [-0.15, -0.1) is 24.0 Å². The Bertz CT molecular complexity index is 674. The van der Waals surface area contributed by atoms with Crippen LogP contribution in [0.4, 0.5) is 13.2 Å². The van der Waals surface area contributed by atoms with Gasteiger partial charge in [-0.3, -0.25) is 4.79 Å². The third-order valence-corrected chi connectivity index (χ3v) is 4.20. The molecule has 0 bridgehead atoms. The molecule has 1 saturated heterocycles. The van der Waals surface area contributed by atoms with Crippen molar-refractivity contribution in [1.29, 1.82) is 0 Å². The van der Waals surface area contributed by atoms with Crippen LogP contribution in [0.5, 0.6) is 0 Å². The number of hydrogen-bond donors (Lipinski definition) is 1. The van der Waals surface area contributed by atoms with Gasteiger partial charge in [0.25, 0.3) is 0 Å². The molecule has 1 fully saturated rings. The number of ether oxygens (including phenoxy) is 1. The average Bonchev–Trinajstić information content (AvgIpc) is 3.12. The van der Waals surface area contributed by atoms with Gasteiger partial charge in [-0.05, 0) is 30.5 Å². The molecular weight excluding hydrogens is 488 g/mol. The molecule has 1 unspecified atom stereocenters. The number of nitrogens with one attached hydrogen (secondary N) is 1. The van der Waals surface area contributed by atoms with Gasteiger partial charge in [0.15, 0.2) is 23.4 Å². The van der Waals surface area contributed by atoms with Crippen molar-refractivity contribution in [3.05, 3.63) is 35.1 Å². The number of benzene rings is 1. The number of carbonyl (C=O) groups is 1. The van der Waals surface area contributed by atoms with Crippen molar-refractivity contribution in [2.45, 2.75) is 25.5 Å². The molecule has 1 aliphatic heterocycles. The second-order valence-corrected chi connectivity index (χ2v) is 6.67. The molecule has 1 aromatic carbocycles. The zero-order valence-electron chi connectivity index (χ0n) is 16.2. The van der Waals surface area contributed by atoms with E-state index < -0.39 is 17.5 Å². The number of aliphatic imine (C=N–C) groups is 1. The molecule has 10 heteroatoms. The van der Waals surface area contributed by atoms with Crippen molar-refractivity contribution in [2.24, 2.45) is 4.99 Å². The normalized spacial score (nSPS) is 16.5. The fraction of sp³-hybridized carbons (Fsp3) is 0.556. The molecule has 0 spiro atoms. The van der Waals surface area contributed by atoms with Crippen LogP contribution in [0.25, 0.3) is 0 Å². The zero-order valence-corrected chi connectivity index (χ0v) is 18.5. The van der Waals surface area contributed by atoms with E-state index in [0.29, 0.717) is 19.1 Å². The van der Waals surface area contributed by atoms with Crippen molar-refractivity contribution in [1.82, 2.24) is 15.1 Å². The highest BCUT2D eigenvalue weighted by Crippen LogP contribution is 2.15. The van der Waals surface area contributed by atoms with Crippen LogP contribution in [0, 0.1) is 17.5 Å². The van der Waals surface area contributed by atoms with Crippen LogP contribution in [-0.4, -0.2) is 68.6 Å². The van der Waals surface area contributed by atoms with Crippen LogP contribution in [0.3, 0.4) is 0 Å². The van der Waals surface area contributed by atoms with Crippen molar-refractivity contribution in [2.75, 3.05) is 40.8 Å². The number of carbonyl (C=O) groups excluding carboxylic acids is 1. The maximum Gasteiger partial charge on any atom is 0.243 e. The van der Waals surface area contributed by atoms with Gasteiger partial charge in [0.1, 0.15) is 6.54 Å². The summed E-state index contributed by atoms with van der Waals surface area (Å²) in [6.45, 7) is 1.23. The highest BCUT2D eigenvalue weighted by atomic mass is 127. The first kappa shape index (κ1) is 24.5. The Morgan fingerprint density at radius 1 is 1.25 bits per heavy atom. The largest absolute Gasteiger partial charge is 0.376 e. The minimum Gasteiger partial charge on any atom is -0.376 e. The van der Waals surface area contributed by atoms with E-state index in [9.17, 15) is 18.0 Å². The van der Waals surface area contributed by atoms with Gasteiger partial charge in [0.05, 0.1) is 6.10 Å². The SMILES string of the molecule is CN(C)C(=O)CN=C(NCC1CCCO1)N(C)Cc1cc(F)c(F)c(F)c1.I. The first-order chi connectivity index (χ1) is 12.8. The third kappa shape index (κ3) is 7.12.